The Kier molecular flexibility index (Phi) is 7.18. The van der Waals surface area contributed by atoms with Crippen molar-refractivity contribution in [1.82, 2.24) is 4.90 Å². The second-order valence-corrected chi connectivity index (χ2v) is 7.42. The maximum atomic E-state index is 12.7. The summed E-state index contributed by atoms with van der Waals surface area (Å²) in [5.41, 5.74) is 0.945. The highest BCUT2D eigenvalue weighted by atomic mass is 35.5. The van der Waals surface area contributed by atoms with Crippen LogP contribution in [0.25, 0.3) is 0 Å². The number of halogens is 2. The van der Waals surface area contributed by atoms with Crippen molar-refractivity contribution in [3.05, 3.63) is 52.5 Å². The average molecular weight is 450 g/mol. The van der Waals surface area contributed by atoms with E-state index in [4.69, 9.17) is 27.9 Å². The smallest absolute Gasteiger partial charge is 0.265 e. The van der Waals surface area contributed by atoms with E-state index in [9.17, 15) is 14.4 Å². The van der Waals surface area contributed by atoms with Gasteiger partial charge in [0.1, 0.15) is 5.75 Å². The van der Waals surface area contributed by atoms with E-state index < -0.39 is 5.91 Å². The molecule has 158 valence electrons. The van der Waals surface area contributed by atoms with Crippen LogP contribution in [-0.4, -0.2) is 48.9 Å². The van der Waals surface area contributed by atoms with Gasteiger partial charge in [-0.2, -0.15) is 0 Å². The number of fused-ring (bicyclic) bond motifs is 1. The molecule has 3 amide bonds. The number of likely N-dealkylation sites (N-methyl/N-ethyl adjacent to an activating group) is 1. The lowest BCUT2D eigenvalue weighted by molar-refractivity contribution is -0.134. The summed E-state index contributed by atoms with van der Waals surface area (Å²) in [5.74, 6) is -0.258. The van der Waals surface area contributed by atoms with E-state index in [1.54, 1.807) is 43.3 Å². The minimum absolute atomic E-state index is 0.0658. The topological polar surface area (TPSA) is 79.0 Å². The Balaban J connectivity index is 1.60. The molecule has 0 aliphatic carbocycles. The number of hydrogen-bond acceptors (Lipinski definition) is 4. The van der Waals surface area contributed by atoms with Crippen LogP contribution in [0.15, 0.2) is 42.5 Å². The standard InChI is InChI=1S/C21H21Cl2N3O4/c1-2-25(12-18(27)24-21-14(22)6-5-7-15(21)23)19(28)10-11-26-16-8-3-4-9-17(16)30-13-20(26)29/h3-9H,2,10-13H2,1H3,(H,24,27). The minimum atomic E-state index is -0.409. The number of hydrogen-bond donors (Lipinski definition) is 1. The molecule has 0 fully saturated rings. The zero-order valence-corrected chi connectivity index (χ0v) is 17.9. The summed E-state index contributed by atoms with van der Waals surface area (Å²) in [4.78, 5) is 40.3. The summed E-state index contributed by atoms with van der Waals surface area (Å²) in [6.45, 7) is 2.11. The van der Waals surface area contributed by atoms with Crippen LogP contribution in [0.1, 0.15) is 13.3 Å². The van der Waals surface area contributed by atoms with Crippen LogP contribution in [-0.2, 0) is 14.4 Å². The van der Waals surface area contributed by atoms with E-state index in [2.05, 4.69) is 5.32 Å². The number of ether oxygens (including phenoxy) is 1. The third-order valence-corrected chi connectivity index (χ3v) is 5.28. The first-order chi connectivity index (χ1) is 14.4. The second kappa shape index (κ2) is 9.82. The predicted octanol–water partition coefficient (Wildman–Crippen LogP) is 3.60. The number of anilines is 2. The molecule has 0 aromatic heterocycles. The highest BCUT2D eigenvalue weighted by Gasteiger charge is 2.26. The lowest BCUT2D eigenvalue weighted by Gasteiger charge is -2.30. The third kappa shape index (κ3) is 5.04. The molecular weight excluding hydrogens is 429 g/mol. The van der Waals surface area contributed by atoms with Crippen molar-refractivity contribution in [2.24, 2.45) is 0 Å². The van der Waals surface area contributed by atoms with Crippen LogP contribution in [0.4, 0.5) is 11.4 Å². The largest absolute Gasteiger partial charge is 0.482 e. The van der Waals surface area contributed by atoms with E-state index in [1.807, 2.05) is 6.07 Å². The number of nitrogens with zero attached hydrogens (tertiary/aromatic N) is 2. The fraction of sp³-hybridized carbons (Fsp3) is 0.286. The van der Waals surface area contributed by atoms with E-state index in [-0.39, 0.29) is 37.9 Å². The molecule has 0 spiro atoms. The Morgan fingerprint density at radius 3 is 2.53 bits per heavy atom. The van der Waals surface area contributed by atoms with E-state index in [0.29, 0.717) is 33.7 Å². The van der Waals surface area contributed by atoms with Crippen molar-refractivity contribution in [3.63, 3.8) is 0 Å². The van der Waals surface area contributed by atoms with Crippen molar-refractivity contribution >= 4 is 52.3 Å². The van der Waals surface area contributed by atoms with Gasteiger partial charge in [-0.25, -0.2) is 0 Å². The third-order valence-electron chi connectivity index (χ3n) is 4.65. The van der Waals surface area contributed by atoms with Crippen LogP contribution < -0.4 is 15.0 Å². The number of benzene rings is 2. The highest BCUT2D eigenvalue weighted by Crippen LogP contribution is 2.32. The van der Waals surface area contributed by atoms with Gasteiger partial charge in [-0.15, -0.1) is 0 Å². The first-order valence-electron chi connectivity index (χ1n) is 9.44. The fourth-order valence-corrected chi connectivity index (χ4v) is 3.60. The average Bonchev–Trinajstić information content (AvgIpc) is 2.73. The molecule has 0 saturated heterocycles. The van der Waals surface area contributed by atoms with Gasteiger partial charge in [0.05, 0.1) is 28.0 Å². The van der Waals surface area contributed by atoms with Crippen molar-refractivity contribution < 1.29 is 19.1 Å². The van der Waals surface area contributed by atoms with Gasteiger partial charge in [-0.1, -0.05) is 41.4 Å². The van der Waals surface area contributed by atoms with Gasteiger partial charge < -0.3 is 19.9 Å². The van der Waals surface area contributed by atoms with Gasteiger partial charge in [0, 0.05) is 19.5 Å². The number of carbonyl (C=O) groups is 3. The number of carbonyl (C=O) groups excluding carboxylic acids is 3. The number of para-hydroxylation sites is 3. The molecule has 9 heteroatoms. The normalized spacial score (nSPS) is 12.8. The summed E-state index contributed by atoms with van der Waals surface area (Å²) >= 11 is 12.1. The molecule has 2 aromatic carbocycles. The Morgan fingerprint density at radius 1 is 1.13 bits per heavy atom. The predicted molar refractivity (Wildman–Crippen MR) is 116 cm³/mol. The fourth-order valence-electron chi connectivity index (χ4n) is 3.11. The van der Waals surface area contributed by atoms with Gasteiger partial charge in [-0.3, -0.25) is 14.4 Å². The monoisotopic (exact) mass is 449 g/mol. The molecule has 0 radical (unpaired) electrons. The van der Waals surface area contributed by atoms with E-state index in [0.717, 1.165) is 0 Å². The Labute approximate surface area is 184 Å². The Morgan fingerprint density at radius 2 is 1.83 bits per heavy atom. The van der Waals surface area contributed by atoms with Gasteiger partial charge in [0.25, 0.3) is 5.91 Å². The Hall–Kier alpha value is -2.77. The Bertz CT molecular complexity index is 947. The molecular formula is C21H21Cl2N3O4. The molecule has 1 aliphatic rings. The maximum absolute atomic E-state index is 12.7. The molecule has 0 unspecified atom stereocenters. The van der Waals surface area contributed by atoms with Gasteiger partial charge in [-0.05, 0) is 31.2 Å². The quantitative estimate of drug-likeness (QED) is 0.700. The highest BCUT2D eigenvalue weighted by molar-refractivity contribution is 6.39. The molecule has 30 heavy (non-hydrogen) atoms. The molecule has 0 saturated carbocycles. The number of amides is 3. The van der Waals surface area contributed by atoms with Crippen molar-refractivity contribution in [2.75, 3.05) is 36.5 Å². The minimum Gasteiger partial charge on any atom is -0.482 e. The molecule has 0 bridgehead atoms. The summed E-state index contributed by atoms with van der Waals surface area (Å²) in [6, 6.07) is 12.1. The van der Waals surface area contributed by atoms with Gasteiger partial charge in [0.15, 0.2) is 6.61 Å². The second-order valence-electron chi connectivity index (χ2n) is 6.60. The zero-order valence-electron chi connectivity index (χ0n) is 16.4. The first kappa shape index (κ1) is 21.9. The van der Waals surface area contributed by atoms with Gasteiger partial charge >= 0.3 is 0 Å². The van der Waals surface area contributed by atoms with Crippen LogP contribution in [0.2, 0.25) is 10.0 Å². The lowest BCUT2D eigenvalue weighted by Crippen LogP contribution is -2.43. The molecule has 3 rings (SSSR count). The lowest BCUT2D eigenvalue weighted by atomic mass is 10.2. The zero-order chi connectivity index (χ0) is 21.7. The summed E-state index contributed by atoms with van der Waals surface area (Å²) < 4.78 is 5.41. The number of rotatable bonds is 7. The van der Waals surface area contributed by atoms with Crippen LogP contribution in [0.3, 0.4) is 0 Å². The molecule has 1 aliphatic heterocycles. The summed E-state index contributed by atoms with van der Waals surface area (Å²) in [7, 11) is 0. The van der Waals surface area contributed by atoms with Crippen LogP contribution >= 0.6 is 23.2 Å². The molecule has 2 aromatic rings. The van der Waals surface area contributed by atoms with E-state index in [1.165, 1.54) is 9.80 Å². The van der Waals surface area contributed by atoms with Crippen molar-refractivity contribution in [3.8, 4) is 5.75 Å². The molecule has 0 atom stereocenters. The molecule has 7 nitrogen and oxygen atoms in total. The van der Waals surface area contributed by atoms with E-state index >= 15 is 0 Å². The SMILES string of the molecule is CCN(CC(=O)Nc1c(Cl)cccc1Cl)C(=O)CCN1C(=O)COc2ccccc21. The maximum Gasteiger partial charge on any atom is 0.265 e. The van der Waals surface area contributed by atoms with Crippen molar-refractivity contribution in [2.45, 2.75) is 13.3 Å². The first-order valence-corrected chi connectivity index (χ1v) is 10.2. The molecule has 1 N–H and O–H groups in total. The summed E-state index contributed by atoms with van der Waals surface area (Å²) in [5, 5.41) is 3.28. The van der Waals surface area contributed by atoms with Gasteiger partial charge in [0.2, 0.25) is 11.8 Å². The molecule has 1 heterocycles. The summed E-state index contributed by atoms with van der Waals surface area (Å²) in [6.07, 6.45) is 0.0774. The van der Waals surface area contributed by atoms with Crippen molar-refractivity contribution in [1.29, 1.82) is 0 Å². The number of nitrogens with one attached hydrogen (secondary N) is 1. The van der Waals surface area contributed by atoms with Crippen LogP contribution in [0.5, 0.6) is 5.75 Å². The van der Waals surface area contributed by atoms with Crippen LogP contribution in [0, 0.1) is 0 Å².